The van der Waals surface area contributed by atoms with Crippen molar-refractivity contribution < 1.29 is 38.1 Å². The highest BCUT2D eigenvalue weighted by molar-refractivity contribution is 6.28. The van der Waals surface area contributed by atoms with Gasteiger partial charge in [0.15, 0.2) is 0 Å². The fraction of sp³-hybridized carbons (Fsp3) is 0.288. The van der Waals surface area contributed by atoms with E-state index in [0.717, 1.165) is 69.0 Å². The predicted molar refractivity (Wildman–Crippen MR) is 273 cm³/mol. The van der Waals surface area contributed by atoms with Crippen LogP contribution in [-0.4, -0.2) is 35.8 Å². The third kappa shape index (κ3) is 10.7. The third-order valence-electron chi connectivity index (χ3n) is 13.3. The van der Waals surface area contributed by atoms with Crippen LogP contribution in [-0.2, 0) is 36.7 Å². The molecule has 0 bridgehead atoms. The lowest BCUT2D eigenvalue weighted by Crippen LogP contribution is -2.38. The summed E-state index contributed by atoms with van der Waals surface area (Å²) in [7, 11) is 0. The first kappa shape index (κ1) is 48.9. The molecule has 1 N–H and O–H groups in total. The molecule has 0 aromatic heterocycles. The summed E-state index contributed by atoms with van der Waals surface area (Å²) in [4.78, 5) is 53.2. The Morgan fingerprint density at radius 1 is 0.614 bits per heavy atom. The number of anilines is 2. The van der Waals surface area contributed by atoms with Gasteiger partial charge in [-0.3, -0.25) is 19.2 Å². The molecule has 1 fully saturated rings. The predicted octanol–water partition coefficient (Wildman–Crippen LogP) is 12.3. The van der Waals surface area contributed by atoms with Crippen molar-refractivity contribution in [2.45, 2.75) is 111 Å². The molecule has 70 heavy (non-hydrogen) atoms. The molecule has 11 heteroatoms. The molecular weight excluding hydrogens is 879 g/mol. The zero-order chi connectivity index (χ0) is 49.7. The standard InChI is InChI=1S/C59H61N3O8/c1-9-11-40(5)67-56-38(3)34-44(35-39(56)4)59(8,10-2)70-51-22-12-41(13-23-51)37-60-52-36-55(65)62(57(52)66)46-20-30-50(31-21-46)69-48-26-16-43(17-27-48)58(6,7)42-14-24-47(25-15-42)68-49-28-18-45(19-29-49)61-53(63)32-33-54(61)64/h12-35,40,52,60H,9-11,36-37H2,1-8H3. The summed E-state index contributed by atoms with van der Waals surface area (Å²) in [5.41, 5.74) is 6.52. The Bertz CT molecular complexity index is 2850. The molecule has 4 amide bonds. The minimum absolute atomic E-state index is 0.0649. The van der Waals surface area contributed by atoms with Crippen LogP contribution in [0, 0.1) is 13.8 Å². The van der Waals surface area contributed by atoms with Crippen molar-refractivity contribution in [3.8, 4) is 34.5 Å². The van der Waals surface area contributed by atoms with Crippen molar-refractivity contribution in [3.05, 3.63) is 179 Å². The number of aryl methyl sites for hydroxylation is 2. The molecule has 0 spiro atoms. The molecule has 2 aliphatic rings. The second kappa shape index (κ2) is 20.6. The van der Waals surface area contributed by atoms with E-state index in [1.54, 1.807) is 48.5 Å². The highest BCUT2D eigenvalue weighted by Gasteiger charge is 2.39. The van der Waals surface area contributed by atoms with Gasteiger partial charge in [-0.2, -0.15) is 0 Å². The van der Waals surface area contributed by atoms with E-state index >= 15 is 0 Å². The average molecular weight is 940 g/mol. The molecule has 3 atom stereocenters. The number of hydrogen-bond donors (Lipinski definition) is 1. The minimum atomic E-state index is -0.648. The number of ether oxygens (including phenoxy) is 4. The van der Waals surface area contributed by atoms with Gasteiger partial charge in [-0.25, -0.2) is 9.80 Å². The van der Waals surface area contributed by atoms with E-state index in [2.05, 4.69) is 72.8 Å². The molecule has 3 unspecified atom stereocenters. The first-order valence-electron chi connectivity index (χ1n) is 24.0. The Morgan fingerprint density at radius 2 is 1.07 bits per heavy atom. The fourth-order valence-corrected chi connectivity index (χ4v) is 8.98. The van der Waals surface area contributed by atoms with Crippen LogP contribution in [0.3, 0.4) is 0 Å². The Morgan fingerprint density at radius 3 is 1.54 bits per heavy atom. The van der Waals surface area contributed by atoms with Crippen molar-refractivity contribution in [2.24, 2.45) is 0 Å². The second-order valence-corrected chi connectivity index (χ2v) is 18.9. The first-order valence-corrected chi connectivity index (χ1v) is 24.0. The second-order valence-electron chi connectivity index (χ2n) is 18.9. The molecule has 2 aliphatic heterocycles. The lowest BCUT2D eigenvalue weighted by Gasteiger charge is -2.32. The SMILES string of the molecule is CCCC(C)Oc1c(C)cc(C(C)(CC)Oc2ccc(CNC3CC(=O)N(c4ccc(Oc5ccc(C(C)(C)c6ccc(Oc7ccc(N8C(=O)C=CC8=O)cc7)cc6)cc5)cc4)C3=O)cc2)cc1C. The Labute approximate surface area is 411 Å². The van der Waals surface area contributed by atoms with Gasteiger partial charge in [0.2, 0.25) is 5.91 Å². The van der Waals surface area contributed by atoms with Gasteiger partial charge >= 0.3 is 0 Å². The summed E-state index contributed by atoms with van der Waals surface area (Å²) in [6.45, 7) is 17.4. The van der Waals surface area contributed by atoms with E-state index in [4.69, 9.17) is 18.9 Å². The molecule has 0 radical (unpaired) electrons. The van der Waals surface area contributed by atoms with E-state index in [9.17, 15) is 19.2 Å². The van der Waals surface area contributed by atoms with Crippen LogP contribution in [0.25, 0.3) is 0 Å². The van der Waals surface area contributed by atoms with Crippen LogP contribution >= 0.6 is 0 Å². The van der Waals surface area contributed by atoms with Gasteiger partial charge in [0.1, 0.15) is 40.1 Å². The van der Waals surface area contributed by atoms with Gasteiger partial charge in [0.25, 0.3) is 17.7 Å². The van der Waals surface area contributed by atoms with Crippen LogP contribution in [0.1, 0.15) is 101 Å². The van der Waals surface area contributed by atoms with E-state index in [-0.39, 0.29) is 41.6 Å². The average Bonchev–Trinajstić information content (AvgIpc) is 3.84. The van der Waals surface area contributed by atoms with Crippen LogP contribution in [0.15, 0.2) is 146 Å². The molecule has 1 saturated heterocycles. The number of imide groups is 2. The van der Waals surface area contributed by atoms with Gasteiger partial charge in [-0.05, 0) is 171 Å². The van der Waals surface area contributed by atoms with Crippen LogP contribution in [0.2, 0.25) is 0 Å². The lowest BCUT2D eigenvalue weighted by atomic mass is 9.78. The van der Waals surface area contributed by atoms with Crippen molar-refractivity contribution in [3.63, 3.8) is 0 Å². The molecule has 8 rings (SSSR count). The fourth-order valence-electron chi connectivity index (χ4n) is 8.98. The van der Waals surface area contributed by atoms with Gasteiger partial charge in [-0.1, -0.05) is 70.5 Å². The Hall–Kier alpha value is -7.50. The summed E-state index contributed by atoms with van der Waals surface area (Å²) >= 11 is 0. The van der Waals surface area contributed by atoms with Crippen molar-refractivity contribution in [1.29, 1.82) is 0 Å². The number of hydrogen-bond acceptors (Lipinski definition) is 9. The number of nitrogens with one attached hydrogen (secondary N) is 1. The van der Waals surface area contributed by atoms with E-state index in [1.807, 2.05) is 72.8 Å². The maximum Gasteiger partial charge on any atom is 0.258 e. The maximum atomic E-state index is 13.6. The van der Waals surface area contributed by atoms with Crippen molar-refractivity contribution in [2.75, 3.05) is 9.80 Å². The minimum Gasteiger partial charge on any atom is -0.490 e. The van der Waals surface area contributed by atoms with E-state index in [0.29, 0.717) is 40.9 Å². The number of benzene rings is 6. The zero-order valence-electron chi connectivity index (χ0n) is 41.2. The molecule has 11 nitrogen and oxygen atoms in total. The molecular formula is C59H61N3O8. The molecule has 0 saturated carbocycles. The van der Waals surface area contributed by atoms with Gasteiger partial charge in [0.05, 0.1) is 29.9 Å². The molecule has 0 aliphatic carbocycles. The number of carbonyl (C=O) groups is 4. The summed E-state index contributed by atoms with van der Waals surface area (Å²) in [5.74, 6) is 2.85. The smallest absolute Gasteiger partial charge is 0.258 e. The number of carbonyl (C=O) groups excluding carboxylic acids is 4. The highest BCUT2D eigenvalue weighted by atomic mass is 16.5. The topological polar surface area (TPSA) is 124 Å². The summed E-state index contributed by atoms with van der Waals surface area (Å²) < 4.78 is 25.2. The van der Waals surface area contributed by atoms with Gasteiger partial charge in [-0.15, -0.1) is 0 Å². The Balaban J connectivity index is 0.819. The normalized spacial score (nSPS) is 16.1. The van der Waals surface area contributed by atoms with Crippen molar-refractivity contribution >= 4 is 35.0 Å². The van der Waals surface area contributed by atoms with E-state index < -0.39 is 11.6 Å². The molecule has 6 aromatic carbocycles. The highest BCUT2D eigenvalue weighted by Crippen LogP contribution is 2.38. The summed E-state index contributed by atoms with van der Waals surface area (Å²) in [6, 6.07) is 41.2. The maximum absolute atomic E-state index is 13.6. The van der Waals surface area contributed by atoms with E-state index in [1.165, 1.54) is 17.1 Å². The summed E-state index contributed by atoms with van der Waals surface area (Å²) in [5, 5.41) is 3.30. The molecule has 2 heterocycles. The third-order valence-corrected chi connectivity index (χ3v) is 13.3. The largest absolute Gasteiger partial charge is 0.490 e. The number of amides is 4. The quantitative estimate of drug-likeness (QED) is 0.0791. The summed E-state index contributed by atoms with van der Waals surface area (Å²) in [6.07, 6.45) is 5.59. The first-order chi connectivity index (χ1) is 33.5. The number of rotatable bonds is 19. The van der Waals surface area contributed by atoms with Crippen LogP contribution in [0.4, 0.5) is 11.4 Å². The van der Waals surface area contributed by atoms with Gasteiger partial charge < -0.3 is 24.3 Å². The molecule has 360 valence electrons. The molecule has 6 aromatic rings. The number of nitrogens with zero attached hydrogens (tertiary/aromatic N) is 2. The monoisotopic (exact) mass is 939 g/mol. The van der Waals surface area contributed by atoms with Crippen LogP contribution in [0.5, 0.6) is 34.5 Å². The van der Waals surface area contributed by atoms with Crippen LogP contribution < -0.4 is 34.1 Å². The Kier molecular flexibility index (Phi) is 14.4. The van der Waals surface area contributed by atoms with Crippen molar-refractivity contribution in [1.82, 2.24) is 5.32 Å². The van der Waals surface area contributed by atoms with Gasteiger partial charge in [0, 0.05) is 24.1 Å². The lowest BCUT2D eigenvalue weighted by molar-refractivity contribution is -0.122. The zero-order valence-corrected chi connectivity index (χ0v) is 41.2.